The lowest BCUT2D eigenvalue weighted by Crippen LogP contribution is -2.47. The molecule has 2 atom stereocenters. The zero-order valence-corrected chi connectivity index (χ0v) is 17.2. The van der Waals surface area contributed by atoms with Crippen LogP contribution in [0.5, 0.6) is 0 Å². The summed E-state index contributed by atoms with van der Waals surface area (Å²) in [6.45, 7) is 1.54. The van der Waals surface area contributed by atoms with Crippen LogP contribution >= 0.6 is 0 Å². The minimum atomic E-state index is -3.85. The predicted molar refractivity (Wildman–Crippen MR) is 108 cm³/mol. The minimum absolute atomic E-state index is 0.0157. The third kappa shape index (κ3) is 4.29. The largest absolute Gasteiger partial charge is 0.377 e. The van der Waals surface area contributed by atoms with Crippen molar-refractivity contribution in [1.29, 1.82) is 5.26 Å². The van der Waals surface area contributed by atoms with E-state index < -0.39 is 15.6 Å². The van der Waals surface area contributed by atoms with Crippen LogP contribution in [0.1, 0.15) is 18.4 Å². The lowest BCUT2D eigenvalue weighted by atomic mass is 10.0. The molecule has 0 amide bonds. The van der Waals surface area contributed by atoms with Crippen molar-refractivity contribution in [1.82, 2.24) is 14.3 Å². The number of benzene rings is 1. The number of nitrogens with zero attached hydrogens (tertiary/aromatic N) is 4. The van der Waals surface area contributed by atoms with Crippen molar-refractivity contribution < 1.29 is 17.9 Å². The molecule has 2 saturated heterocycles. The molecule has 10 heteroatoms. The van der Waals surface area contributed by atoms with Gasteiger partial charge < -0.3 is 14.8 Å². The first-order valence-electron chi connectivity index (χ1n) is 9.78. The van der Waals surface area contributed by atoms with E-state index in [-0.39, 0.29) is 36.3 Å². The fraction of sp³-hybridized carbons (Fsp3) is 0.450. The normalized spacial score (nSPS) is 25.0. The van der Waals surface area contributed by atoms with Crippen molar-refractivity contribution in [2.75, 3.05) is 38.2 Å². The van der Waals surface area contributed by atoms with Gasteiger partial charge in [0.1, 0.15) is 11.7 Å². The fourth-order valence-corrected chi connectivity index (χ4v) is 5.50. The van der Waals surface area contributed by atoms with Gasteiger partial charge in [-0.25, -0.2) is 18.4 Å². The van der Waals surface area contributed by atoms with Crippen molar-refractivity contribution in [2.45, 2.75) is 29.4 Å². The maximum Gasteiger partial charge on any atom is 0.244 e. The number of ether oxygens (including phenoxy) is 2. The average Bonchev–Trinajstić information content (AvgIpc) is 3.04. The zero-order valence-electron chi connectivity index (χ0n) is 16.4. The lowest BCUT2D eigenvalue weighted by Gasteiger charge is -2.31. The molecular formula is C20H23N5O4S. The highest BCUT2D eigenvalue weighted by molar-refractivity contribution is 7.89. The van der Waals surface area contributed by atoms with Crippen LogP contribution in [-0.4, -0.2) is 67.2 Å². The molecule has 0 aliphatic carbocycles. The van der Waals surface area contributed by atoms with Crippen LogP contribution in [0.25, 0.3) is 0 Å². The number of anilines is 1. The van der Waals surface area contributed by atoms with Gasteiger partial charge in [-0.1, -0.05) is 12.1 Å². The fourth-order valence-electron chi connectivity index (χ4n) is 3.86. The van der Waals surface area contributed by atoms with E-state index in [4.69, 9.17) is 9.47 Å². The molecule has 3 heterocycles. The van der Waals surface area contributed by atoms with Gasteiger partial charge >= 0.3 is 0 Å². The number of nitrogens with one attached hydrogen (secondary N) is 1. The Kier molecular flexibility index (Phi) is 5.97. The molecule has 0 bridgehead atoms. The highest BCUT2D eigenvalue weighted by Crippen LogP contribution is 2.35. The van der Waals surface area contributed by atoms with Gasteiger partial charge in [0.25, 0.3) is 0 Å². The van der Waals surface area contributed by atoms with E-state index >= 15 is 0 Å². The Morgan fingerprint density at radius 1 is 1.27 bits per heavy atom. The monoisotopic (exact) mass is 429 g/mol. The van der Waals surface area contributed by atoms with Crippen LogP contribution in [0.3, 0.4) is 0 Å². The van der Waals surface area contributed by atoms with Crippen molar-refractivity contribution in [2.24, 2.45) is 0 Å². The first kappa shape index (κ1) is 20.7. The van der Waals surface area contributed by atoms with Crippen molar-refractivity contribution in [3.63, 3.8) is 0 Å². The molecule has 1 aromatic heterocycles. The summed E-state index contributed by atoms with van der Waals surface area (Å²) in [6, 6.07) is 9.96. The summed E-state index contributed by atoms with van der Waals surface area (Å²) in [6.07, 6.45) is 4.67. The number of hydrogen-bond donors (Lipinski definition) is 1. The predicted octanol–water partition coefficient (Wildman–Crippen LogP) is 1.40. The Bertz CT molecular complexity index is 1030. The second kappa shape index (κ2) is 8.65. The molecule has 1 N–H and O–H groups in total. The smallest absolute Gasteiger partial charge is 0.244 e. The Morgan fingerprint density at radius 3 is 2.87 bits per heavy atom. The van der Waals surface area contributed by atoms with Gasteiger partial charge in [0.15, 0.2) is 0 Å². The van der Waals surface area contributed by atoms with Crippen molar-refractivity contribution in [3.05, 3.63) is 48.3 Å². The molecule has 158 valence electrons. The highest BCUT2D eigenvalue weighted by Gasteiger charge is 2.45. The third-order valence-corrected chi connectivity index (χ3v) is 7.24. The number of rotatable bonds is 5. The quantitative estimate of drug-likeness (QED) is 0.758. The van der Waals surface area contributed by atoms with Gasteiger partial charge in [-0.05, 0) is 31.0 Å². The molecule has 9 nitrogen and oxygen atoms in total. The molecule has 2 aromatic rings. The SMILES string of the molecule is N#Cc1ccccc1S(=O)(=O)N1CCOC[C@@]2(CC[C@@H](CNc3ncccn3)O2)C1. The molecule has 4 rings (SSSR count). The molecule has 0 saturated carbocycles. The maximum atomic E-state index is 13.3. The molecule has 1 aromatic carbocycles. The van der Waals surface area contributed by atoms with Crippen LogP contribution < -0.4 is 5.32 Å². The molecule has 30 heavy (non-hydrogen) atoms. The van der Waals surface area contributed by atoms with Gasteiger partial charge in [0.2, 0.25) is 16.0 Å². The number of aromatic nitrogens is 2. The summed E-state index contributed by atoms with van der Waals surface area (Å²) in [7, 11) is -3.85. The molecule has 2 fully saturated rings. The number of nitriles is 1. The van der Waals surface area contributed by atoms with E-state index in [1.807, 2.05) is 6.07 Å². The Hall–Kier alpha value is -2.58. The van der Waals surface area contributed by atoms with E-state index in [0.29, 0.717) is 25.5 Å². The minimum Gasteiger partial charge on any atom is -0.377 e. The summed E-state index contributed by atoms with van der Waals surface area (Å²) in [4.78, 5) is 8.29. The van der Waals surface area contributed by atoms with E-state index in [1.54, 1.807) is 30.6 Å². The molecule has 0 radical (unpaired) electrons. The first-order valence-corrected chi connectivity index (χ1v) is 11.2. The van der Waals surface area contributed by atoms with Crippen LogP contribution in [-0.2, 0) is 19.5 Å². The molecule has 0 unspecified atom stereocenters. The summed E-state index contributed by atoms with van der Waals surface area (Å²) >= 11 is 0. The topological polar surface area (TPSA) is 117 Å². The number of hydrogen-bond acceptors (Lipinski definition) is 8. The van der Waals surface area contributed by atoms with Crippen LogP contribution in [0.4, 0.5) is 5.95 Å². The second-order valence-corrected chi connectivity index (χ2v) is 9.32. The summed E-state index contributed by atoms with van der Waals surface area (Å²) in [5, 5.41) is 12.5. The van der Waals surface area contributed by atoms with Crippen molar-refractivity contribution >= 4 is 16.0 Å². The summed E-state index contributed by atoms with van der Waals surface area (Å²) in [5.41, 5.74) is -0.580. The standard InChI is InChI=1S/C20H23N5O4S/c21-12-16-4-1-2-5-18(16)30(26,27)25-10-11-28-15-20(14-25)7-6-17(29-20)13-24-19-22-8-3-9-23-19/h1-5,8-9,17H,6-7,10-11,13-15H2,(H,22,23,24)/t17-,20+/m0/s1. The van der Waals surface area contributed by atoms with E-state index in [1.165, 1.54) is 16.4 Å². The van der Waals surface area contributed by atoms with E-state index in [2.05, 4.69) is 15.3 Å². The molecule has 2 aliphatic heterocycles. The Balaban J connectivity index is 1.48. The Morgan fingerprint density at radius 2 is 2.07 bits per heavy atom. The molecular weight excluding hydrogens is 406 g/mol. The van der Waals surface area contributed by atoms with Crippen LogP contribution in [0.15, 0.2) is 47.6 Å². The first-order chi connectivity index (χ1) is 14.5. The average molecular weight is 430 g/mol. The van der Waals surface area contributed by atoms with Gasteiger partial charge in [-0.3, -0.25) is 0 Å². The zero-order chi connectivity index (χ0) is 21.0. The van der Waals surface area contributed by atoms with Gasteiger partial charge in [0, 0.05) is 32.0 Å². The van der Waals surface area contributed by atoms with Gasteiger partial charge in [-0.15, -0.1) is 0 Å². The third-order valence-electron chi connectivity index (χ3n) is 5.33. The Labute approximate surface area is 175 Å². The van der Waals surface area contributed by atoms with Gasteiger partial charge in [0.05, 0.1) is 29.8 Å². The van der Waals surface area contributed by atoms with Gasteiger partial charge in [-0.2, -0.15) is 9.57 Å². The van der Waals surface area contributed by atoms with Crippen molar-refractivity contribution in [3.8, 4) is 6.07 Å². The molecule has 1 spiro atoms. The van der Waals surface area contributed by atoms with Crippen LogP contribution in [0.2, 0.25) is 0 Å². The second-order valence-electron chi connectivity index (χ2n) is 7.41. The maximum absolute atomic E-state index is 13.3. The summed E-state index contributed by atoms with van der Waals surface area (Å²) in [5.74, 6) is 0.525. The highest BCUT2D eigenvalue weighted by atomic mass is 32.2. The molecule has 2 aliphatic rings. The lowest BCUT2D eigenvalue weighted by molar-refractivity contribution is -0.0780. The summed E-state index contributed by atoms with van der Waals surface area (Å²) < 4.78 is 40.0. The van der Waals surface area contributed by atoms with E-state index in [9.17, 15) is 13.7 Å². The van der Waals surface area contributed by atoms with Crippen LogP contribution in [0, 0.1) is 11.3 Å². The van der Waals surface area contributed by atoms with E-state index in [0.717, 1.165) is 6.42 Å². The number of sulfonamides is 1.